The normalized spacial score (nSPS) is 12.3. The number of pyridine rings is 1. The summed E-state index contributed by atoms with van der Waals surface area (Å²) in [5.74, 6) is 1.58. The van der Waals surface area contributed by atoms with Gasteiger partial charge >= 0.3 is 0 Å². The first kappa shape index (κ1) is 13.4. The summed E-state index contributed by atoms with van der Waals surface area (Å²) in [7, 11) is 1.64. The molecule has 0 aliphatic heterocycles. The van der Waals surface area contributed by atoms with Crippen LogP contribution in [0.1, 0.15) is 34.5 Å². The molecular weight excluding hydrogens is 266 g/mol. The molecule has 4 heteroatoms. The molecule has 0 fully saturated rings. The monoisotopic (exact) mass is 281 g/mol. The van der Waals surface area contributed by atoms with Gasteiger partial charge in [-0.15, -0.1) is 0 Å². The van der Waals surface area contributed by atoms with Crippen molar-refractivity contribution < 1.29 is 13.9 Å². The molecule has 21 heavy (non-hydrogen) atoms. The number of fused-ring (bicyclic) bond motifs is 1. The minimum atomic E-state index is -0.0217. The van der Waals surface area contributed by atoms with Crippen LogP contribution in [0.2, 0.25) is 0 Å². The van der Waals surface area contributed by atoms with E-state index in [9.17, 15) is 4.79 Å². The fourth-order valence-electron chi connectivity index (χ4n) is 2.45. The number of aldehydes is 1. The van der Waals surface area contributed by atoms with Crippen molar-refractivity contribution in [1.29, 1.82) is 0 Å². The van der Waals surface area contributed by atoms with Gasteiger partial charge in [-0.2, -0.15) is 0 Å². The SMILES string of the molecule is COc1ccc2oc(C(C)c3ccncc3C=O)cc2c1. The third kappa shape index (κ3) is 2.40. The number of carbonyl (C=O) groups excluding carboxylic acids is 1. The van der Waals surface area contributed by atoms with Crippen molar-refractivity contribution in [2.75, 3.05) is 7.11 Å². The van der Waals surface area contributed by atoms with E-state index >= 15 is 0 Å². The smallest absolute Gasteiger partial charge is 0.151 e. The summed E-state index contributed by atoms with van der Waals surface area (Å²) in [5.41, 5.74) is 2.30. The van der Waals surface area contributed by atoms with Crippen molar-refractivity contribution in [3.05, 3.63) is 59.6 Å². The topological polar surface area (TPSA) is 52.3 Å². The molecule has 0 aliphatic carbocycles. The van der Waals surface area contributed by atoms with Gasteiger partial charge in [0.25, 0.3) is 0 Å². The van der Waals surface area contributed by atoms with Crippen LogP contribution in [0.25, 0.3) is 11.0 Å². The third-order valence-electron chi connectivity index (χ3n) is 3.65. The van der Waals surface area contributed by atoms with Crippen molar-refractivity contribution in [2.24, 2.45) is 0 Å². The van der Waals surface area contributed by atoms with Gasteiger partial charge in [-0.3, -0.25) is 9.78 Å². The fourth-order valence-corrected chi connectivity index (χ4v) is 2.45. The van der Waals surface area contributed by atoms with E-state index in [-0.39, 0.29) is 5.92 Å². The van der Waals surface area contributed by atoms with E-state index < -0.39 is 0 Å². The van der Waals surface area contributed by atoms with Crippen LogP contribution in [0.4, 0.5) is 0 Å². The molecule has 106 valence electrons. The van der Waals surface area contributed by atoms with Crippen molar-refractivity contribution in [3.8, 4) is 5.75 Å². The first-order valence-corrected chi connectivity index (χ1v) is 6.69. The Morgan fingerprint density at radius 3 is 2.90 bits per heavy atom. The van der Waals surface area contributed by atoms with Crippen molar-refractivity contribution in [3.63, 3.8) is 0 Å². The van der Waals surface area contributed by atoms with Crippen LogP contribution in [-0.4, -0.2) is 18.4 Å². The molecule has 0 amide bonds. The van der Waals surface area contributed by atoms with Crippen LogP contribution < -0.4 is 4.74 Å². The summed E-state index contributed by atoms with van der Waals surface area (Å²) in [6.45, 7) is 2.01. The highest BCUT2D eigenvalue weighted by Gasteiger charge is 2.17. The Hall–Kier alpha value is -2.62. The van der Waals surface area contributed by atoms with Crippen molar-refractivity contribution >= 4 is 17.3 Å². The maximum absolute atomic E-state index is 11.1. The van der Waals surface area contributed by atoms with Gasteiger partial charge < -0.3 is 9.15 Å². The average Bonchev–Trinajstić information content (AvgIpc) is 2.96. The Labute approximate surface area is 122 Å². The second-order valence-electron chi connectivity index (χ2n) is 4.90. The number of hydrogen-bond donors (Lipinski definition) is 0. The van der Waals surface area contributed by atoms with Gasteiger partial charge in [-0.05, 0) is 35.9 Å². The lowest BCUT2D eigenvalue weighted by atomic mass is 9.95. The zero-order valence-electron chi connectivity index (χ0n) is 11.9. The molecule has 0 bridgehead atoms. The molecular formula is C17H15NO3. The number of ether oxygens (including phenoxy) is 1. The Balaban J connectivity index is 2.05. The average molecular weight is 281 g/mol. The number of benzene rings is 1. The van der Waals surface area contributed by atoms with Gasteiger partial charge in [0.2, 0.25) is 0 Å². The zero-order chi connectivity index (χ0) is 14.8. The number of furan rings is 1. The molecule has 3 aromatic rings. The minimum Gasteiger partial charge on any atom is -0.497 e. The summed E-state index contributed by atoms with van der Waals surface area (Å²) in [6, 6.07) is 9.52. The molecule has 1 unspecified atom stereocenters. The fraction of sp³-hybridized carbons (Fsp3) is 0.176. The molecule has 0 saturated heterocycles. The van der Waals surface area contributed by atoms with E-state index in [2.05, 4.69) is 4.98 Å². The molecule has 2 heterocycles. The number of nitrogens with zero attached hydrogens (tertiary/aromatic N) is 1. The van der Waals surface area contributed by atoms with Gasteiger partial charge in [0.1, 0.15) is 17.1 Å². The second kappa shape index (κ2) is 5.40. The van der Waals surface area contributed by atoms with Crippen LogP contribution in [0, 0.1) is 0 Å². The van der Waals surface area contributed by atoms with Crippen LogP contribution >= 0.6 is 0 Å². The largest absolute Gasteiger partial charge is 0.497 e. The first-order chi connectivity index (χ1) is 10.2. The highest BCUT2D eigenvalue weighted by molar-refractivity contribution is 5.80. The van der Waals surface area contributed by atoms with Crippen molar-refractivity contribution in [1.82, 2.24) is 4.98 Å². The van der Waals surface area contributed by atoms with E-state index in [4.69, 9.17) is 9.15 Å². The molecule has 0 spiro atoms. The quantitative estimate of drug-likeness (QED) is 0.682. The Morgan fingerprint density at radius 1 is 1.29 bits per heavy atom. The Bertz CT molecular complexity index is 792. The lowest BCUT2D eigenvalue weighted by Crippen LogP contribution is -1.99. The molecule has 0 N–H and O–H groups in total. The van der Waals surface area contributed by atoms with Gasteiger partial charge in [0.15, 0.2) is 6.29 Å². The third-order valence-corrected chi connectivity index (χ3v) is 3.65. The van der Waals surface area contributed by atoms with E-state index in [0.717, 1.165) is 34.3 Å². The summed E-state index contributed by atoms with van der Waals surface area (Å²) in [4.78, 5) is 15.1. The Kier molecular flexibility index (Phi) is 3.44. The molecule has 2 aromatic heterocycles. The number of carbonyl (C=O) groups is 1. The van der Waals surface area contributed by atoms with Gasteiger partial charge in [-0.25, -0.2) is 0 Å². The van der Waals surface area contributed by atoms with Gasteiger partial charge in [-0.1, -0.05) is 6.92 Å². The predicted octanol–water partition coefficient (Wildman–Crippen LogP) is 3.80. The first-order valence-electron chi connectivity index (χ1n) is 6.69. The van der Waals surface area contributed by atoms with Crippen LogP contribution in [-0.2, 0) is 0 Å². The van der Waals surface area contributed by atoms with Gasteiger partial charge in [0.05, 0.1) is 7.11 Å². The lowest BCUT2D eigenvalue weighted by molar-refractivity contribution is 0.112. The van der Waals surface area contributed by atoms with Crippen LogP contribution in [0.5, 0.6) is 5.75 Å². The number of rotatable bonds is 4. The molecule has 4 nitrogen and oxygen atoms in total. The summed E-state index contributed by atoms with van der Waals surface area (Å²) < 4.78 is 11.1. The number of hydrogen-bond acceptors (Lipinski definition) is 4. The van der Waals surface area contributed by atoms with Crippen LogP contribution in [0.3, 0.4) is 0 Å². The maximum Gasteiger partial charge on any atom is 0.151 e. The van der Waals surface area contributed by atoms with E-state index in [1.807, 2.05) is 37.3 Å². The van der Waals surface area contributed by atoms with Gasteiger partial charge in [0, 0.05) is 29.3 Å². The summed E-state index contributed by atoms with van der Waals surface area (Å²) in [6.07, 6.45) is 4.08. The van der Waals surface area contributed by atoms with Crippen LogP contribution in [0.15, 0.2) is 47.1 Å². The zero-order valence-corrected chi connectivity index (χ0v) is 11.9. The van der Waals surface area contributed by atoms with Crippen molar-refractivity contribution in [2.45, 2.75) is 12.8 Å². The molecule has 0 radical (unpaired) electrons. The van der Waals surface area contributed by atoms with E-state index in [1.54, 1.807) is 19.5 Å². The lowest BCUT2D eigenvalue weighted by Gasteiger charge is -2.10. The van der Waals surface area contributed by atoms with E-state index in [0.29, 0.717) is 5.56 Å². The molecule has 3 rings (SSSR count). The highest BCUT2D eigenvalue weighted by atomic mass is 16.5. The Morgan fingerprint density at radius 2 is 2.14 bits per heavy atom. The predicted molar refractivity (Wildman–Crippen MR) is 79.9 cm³/mol. The summed E-state index contributed by atoms with van der Waals surface area (Å²) in [5, 5.41) is 0.984. The number of aromatic nitrogens is 1. The molecule has 0 saturated carbocycles. The minimum absolute atomic E-state index is 0.0217. The molecule has 1 atom stereocenters. The highest BCUT2D eigenvalue weighted by Crippen LogP contribution is 2.32. The summed E-state index contributed by atoms with van der Waals surface area (Å²) >= 11 is 0. The second-order valence-corrected chi connectivity index (χ2v) is 4.90. The molecule has 0 aliphatic rings. The molecule has 1 aromatic carbocycles. The van der Waals surface area contributed by atoms with E-state index in [1.165, 1.54) is 0 Å². The standard InChI is InChI=1S/C17H15NO3/c1-11(15-5-6-18-9-13(15)10-19)17-8-12-7-14(20-2)3-4-16(12)21-17/h3-11H,1-2H3. The maximum atomic E-state index is 11.1. The number of methoxy groups -OCH3 is 1.